The summed E-state index contributed by atoms with van der Waals surface area (Å²) in [4.78, 5) is 4.51. The average Bonchev–Trinajstić information content (AvgIpc) is 2.61. The number of hydrogen-bond donors (Lipinski definition) is 2. The molecule has 1 atom stereocenters. The van der Waals surface area contributed by atoms with Crippen LogP contribution in [0.25, 0.3) is 0 Å². The van der Waals surface area contributed by atoms with Crippen LogP contribution in [0.4, 0.5) is 0 Å². The van der Waals surface area contributed by atoms with E-state index < -0.39 is 6.10 Å². The lowest BCUT2D eigenvalue weighted by molar-refractivity contribution is 0.181. The van der Waals surface area contributed by atoms with Crippen LogP contribution in [0, 0.1) is 6.92 Å². The van der Waals surface area contributed by atoms with Crippen LogP contribution >= 0.6 is 15.9 Å². The SMILES string of the molecule is COc1ccc(Br)cc1CCc1c(C)cccc1C1=NCC(O)CN1. The number of ether oxygens (including phenoxy) is 1. The summed E-state index contributed by atoms with van der Waals surface area (Å²) < 4.78 is 6.55. The molecule has 0 spiro atoms. The summed E-state index contributed by atoms with van der Waals surface area (Å²) >= 11 is 3.54. The lowest BCUT2D eigenvalue weighted by atomic mass is 9.94. The Morgan fingerprint density at radius 2 is 2.12 bits per heavy atom. The highest BCUT2D eigenvalue weighted by Crippen LogP contribution is 2.26. The van der Waals surface area contributed by atoms with Gasteiger partial charge in [-0.15, -0.1) is 0 Å². The summed E-state index contributed by atoms with van der Waals surface area (Å²) in [5, 5.41) is 12.9. The summed E-state index contributed by atoms with van der Waals surface area (Å²) in [7, 11) is 1.71. The molecule has 0 aromatic heterocycles. The number of nitrogens with one attached hydrogen (secondary N) is 1. The number of rotatable bonds is 5. The van der Waals surface area contributed by atoms with E-state index in [-0.39, 0.29) is 0 Å². The van der Waals surface area contributed by atoms with Gasteiger partial charge in [0.05, 0.1) is 19.8 Å². The monoisotopic (exact) mass is 402 g/mol. The number of β-amino-alcohol motifs (C(OH)–C–C–N with tert-alkyl or cyclic N) is 1. The number of nitrogens with zero attached hydrogens (tertiary/aromatic N) is 1. The van der Waals surface area contributed by atoms with Crippen molar-refractivity contribution in [3.8, 4) is 5.75 Å². The Balaban J connectivity index is 1.87. The fourth-order valence-corrected chi connectivity index (χ4v) is 3.58. The van der Waals surface area contributed by atoms with E-state index in [0.29, 0.717) is 13.1 Å². The molecule has 2 N–H and O–H groups in total. The second kappa shape index (κ2) is 8.02. The molecule has 0 aliphatic carbocycles. The minimum Gasteiger partial charge on any atom is -0.496 e. The maximum absolute atomic E-state index is 9.65. The van der Waals surface area contributed by atoms with Gasteiger partial charge in [-0.2, -0.15) is 0 Å². The van der Waals surface area contributed by atoms with Crippen LogP contribution in [0.3, 0.4) is 0 Å². The molecule has 5 heteroatoms. The van der Waals surface area contributed by atoms with E-state index in [1.807, 2.05) is 12.1 Å². The van der Waals surface area contributed by atoms with E-state index in [1.54, 1.807) is 7.11 Å². The van der Waals surface area contributed by atoms with E-state index in [4.69, 9.17) is 4.74 Å². The first kappa shape index (κ1) is 18.0. The van der Waals surface area contributed by atoms with Crippen molar-refractivity contribution in [1.29, 1.82) is 0 Å². The Labute approximate surface area is 157 Å². The average molecular weight is 403 g/mol. The van der Waals surface area contributed by atoms with Crippen LogP contribution in [-0.4, -0.2) is 37.2 Å². The third-order valence-corrected chi connectivity index (χ3v) is 5.01. The number of hydrogen-bond acceptors (Lipinski definition) is 4. The Hall–Kier alpha value is -1.85. The Morgan fingerprint density at radius 1 is 1.28 bits per heavy atom. The highest BCUT2D eigenvalue weighted by atomic mass is 79.9. The quantitative estimate of drug-likeness (QED) is 0.806. The normalized spacial score (nSPS) is 17.0. The molecule has 0 saturated carbocycles. The number of aliphatic hydroxyl groups excluding tert-OH is 1. The second-order valence-corrected chi connectivity index (χ2v) is 7.20. The summed E-state index contributed by atoms with van der Waals surface area (Å²) in [5.74, 6) is 1.79. The molecular weight excluding hydrogens is 380 g/mol. The van der Waals surface area contributed by atoms with Crippen molar-refractivity contribution in [2.45, 2.75) is 25.9 Å². The largest absolute Gasteiger partial charge is 0.496 e. The minimum absolute atomic E-state index is 0.400. The zero-order chi connectivity index (χ0) is 17.8. The number of aliphatic hydroxyl groups is 1. The van der Waals surface area contributed by atoms with Gasteiger partial charge in [0.1, 0.15) is 11.6 Å². The van der Waals surface area contributed by atoms with Gasteiger partial charge in [0.2, 0.25) is 0 Å². The molecule has 0 saturated heterocycles. The predicted molar refractivity (Wildman–Crippen MR) is 105 cm³/mol. The molecule has 1 heterocycles. The molecule has 0 fully saturated rings. The zero-order valence-corrected chi connectivity index (χ0v) is 16.1. The van der Waals surface area contributed by atoms with Gasteiger partial charge in [-0.3, -0.25) is 4.99 Å². The lowest BCUT2D eigenvalue weighted by Crippen LogP contribution is -2.39. The van der Waals surface area contributed by atoms with Gasteiger partial charge in [0.25, 0.3) is 0 Å². The van der Waals surface area contributed by atoms with Crippen molar-refractivity contribution in [1.82, 2.24) is 5.32 Å². The summed E-state index contributed by atoms with van der Waals surface area (Å²) in [6.45, 7) is 3.13. The van der Waals surface area contributed by atoms with Gasteiger partial charge in [0, 0.05) is 16.6 Å². The molecule has 2 aromatic carbocycles. The first-order valence-electron chi connectivity index (χ1n) is 8.46. The molecule has 0 amide bonds. The highest BCUT2D eigenvalue weighted by Gasteiger charge is 2.17. The molecule has 0 radical (unpaired) electrons. The number of aliphatic imine (C=N–C) groups is 1. The van der Waals surface area contributed by atoms with Crippen LogP contribution in [0.5, 0.6) is 5.75 Å². The van der Waals surface area contributed by atoms with Crippen molar-refractivity contribution in [2.75, 3.05) is 20.2 Å². The molecule has 132 valence electrons. The molecule has 4 nitrogen and oxygen atoms in total. The standard InChI is InChI=1S/C20H23BrN2O2/c1-13-4-3-5-18(20-22-11-16(24)12-23-20)17(13)8-6-14-10-15(21)7-9-19(14)25-2/h3-5,7,9-10,16,24H,6,8,11-12H2,1-2H3,(H,22,23). The van der Waals surface area contributed by atoms with E-state index >= 15 is 0 Å². The molecule has 3 rings (SSSR count). The lowest BCUT2D eigenvalue weighted by Gasteiger charge is -2.22. The number of benzene rings is 2. The minimum atomic E-state index is -0.400. The Morgan fingerprint density at radius 3 is 2.84 bits per heavy atom. The number of amidine groups is 1. The topological polar surface area (TPSA) is 53.9 Å². The van der Waals surface area contributed by atoms with Crippen molar-refractivity contribution in [3.63, 3.8) is 0 Å². The van der Waals surface area contributed by atoms with E-state index in [0.717, 1.165) is 34.5 Å². The van der Waals surface area contributed by atoms with Crippen LogP contribution in [0.15, 0.2) is 45.9 Å². The molecule has 0 bridgehead atoms. The van der Waals surface area contributed by atoms with Gasteiger partial charge in [0.15, 0.2) is 0 Å². The third kappa shape index (κ3) is 4.22. The van der Waals surface area contributed by atoms with Gasteiger partial charge in [-0.05, 0) is 54.7 Å². The fraction of sp³-hybridized carbons (Fsp3) is 0.350. The zero-order valence-electron chi connectivity index (χ0n) is 14.6. The maximum Gasteiger partial charge on any atom is 0.128 e. The van der Waals surface area contributed by atoms with Crippen molar-refractivity contribution in [3.05, 3.63) is 63.1 Å². The maximum atomic E-state index is 9.65. The van der Waals surface area contributed by atoms with Crippen LogP contribution < -0.4 is 10.1 Å². The first-order valence-corrected chi connectivity index (χ1v) is 9.25. The van der Waals surface area contributed by atoms with Crippen LogP contribution in [0.2, 0.25) is 0 Å². The summed E-state index contributed by atoms with van der Waals surface area (Å²) in [6.07, 6.45) is 1.39. The van der Waals surface area contributed by atoms with Crippen molar-refractivity contribution < 1.29 is 9.84 Å². The van der Waals surface area contributed by atoms with E-state index in [2.05, 4.69) is 57.4 Å². The number of halogens is 1. The molecule has 1 aliphatic rings. The summed E-state index contributed by atoms with van der Waals surface area (Å²) in [6, 6.07) is 12.4. The smallest absolute Gasteiger partial charge is 0.128 e. The van der Waals surface area contributed by atoms with Gasteiger partial charge in [-0.25, -0.2) is 0 Å². The van der Waals surface area contributed by atoms with Crippen molar-refractivity contribution in [2.24, 2.45) is 4.99 Å². The molecular formula is C20H23BrN2O2. The first-order chi connectivity index (χ1) is 12.1. The Kier molecular flexibility index (Phi) is 5.76. The van der Waals surface area contributed by atoms with Crippen LogP contribution in [-0.2, 0) is 12.8 Å². The number of aryl methyl sites for hydroxylation is 2. The van der Waals surface area contributed by atoms with Crippen molar-refractivity contribution >= 4 is 21.8 Å². The highest BCUT2D eigenvalue weighted by molar-refractivity contribution is 9.10. The molecule has 1 aliphatic heterocycles. The second-order valence-electron chi connectivity index (χ2n) is 6.28. The van der Waals surface area contributed by atoms with E-state index in [9.17, 15) is 5.11 Å². The predicted octanol–water partition coefficient (Wildman–Crippen LogP) is 3.26. The molecule has 2 aromatic rings. The van der Waals surface area contributed by atoms with Gasteiger partial charge < -0.3 is 15.2 Å². The molecule has 1 unspecified atom stereocenters. The van der Waals surface area contributed by atoms with E-state index in [1.165, 1.54) is 16.7 Å². The van der Waals surface area contributed by atoms with Gasteiger partial charge >= 0.3 is 0 Å². The Bertz CT molecular complexity index is 789. The third-order valence-electron chi connectivity index (χ3n) is 4.52. The van der Waals surface area contributed by atoms with Gasteiger partial charge in [-0.1, -0.05) is 34.1 Å². The number of methoxy groups -OCH3 is 1. The van der Waals surface area contributed by atoms with Crippen LogP contribution in [0.1, 0.15) is 22.3 Å². The fourth-order valence-electron chi connectivity index (χ4n) is 3.17. The summed E-state index contributed by atoms with van der Waals surface area (Å²) in [5.41, 5.74) is 4.84. The molecule has 25 heavy (non-hydrogen) atoms.